The second-order valence-electron chi connectivity index (χ2n) is 5.91. The monoisotopic (exact) mass is 363 g/mol. The molecular weight excluding hydrogens is 346 g/mol. The van der Waals surface area contributed by atoms with Crippen LogP contribution in [0, 0.1) is 0 Å². The fourth-order valence-corrected chi connectivity index (χ4v) is 3.83. The van der Waals surface area contributed by atoms with Gasteiger partial charge in [0, 0.05) is 23.4 Å². The Kier molecular flexibility index (Phi) is 4.18. The number of anilines is 1. The van der Waals surface area contributed by atoms with E-state index in [2.05, 4.69) is 10.3 Å². The Bertz CT molecular complexity index is 1110. The van der Waals surface area contributed by atoms with Crippen LogP contribution in [0.1, 0.15) is 15.2 Å². The molecule has 0 aliphatic heterocycles. The highest BCUT2D eigenvalue weighted by Crippen LogP contribution is 2.35. The van der Waals surface area contributed by atoms with Gasteiger partial charge in [-0.05, 0) is 23.8 Å². The molecule has 0 spiro atoms. The van der Waals surface area contributed by atoms with Crippen molar-refractivity contribution in [3.05, 3.63) is 65.0 Å². The standard InChI is InChI=1S/C20H17N3O2S/c1-25-14-8-7-13-9-15-17(21)18(26-20(15)23-16(13)10-14)19(24)22-11-12-5-3-2-4-6-12/h2-10H,11,21H2,1H3,(H,22,24). The highest BCUT2D eigenvalue weighted by molar-refractivity contribution is 7.21. The molecule has 5 nitrogen and oxygen atoms in total. The zero-order valence-electron chi connectivity index (χ0n) is 14.2. The molecule has 0 saturated heterocycles. The number of pyridine rings is 1. The summed E-state index contributed by atoms with van der Waals surface area (Å²) in [7, 11) is 1.62. The number of amides is 1. The van der Waals surface area contributed by atoms with Crippen molar-refractivity contribution in [2.24, 2.45) is 0 Å². The number of nitrogens with one attached hydrogen (secondary N) is 1. The molecule has 2 aromatic carbocycles. The van der Waals surface area contributed by atoms with Crippen molar-refractivity contribution in [1.82, 2.24) is 10.3 Å². The van der Waals surface area contributed by atoms with E-state index in [1.165, 1.54) is 11.3 Å². The molecule has 0 atom stereocenters. The number of carbonyl (C=O) groups excluding carboxylic acids is 1. The number of aromatic nitrogens is 1. The molecule has 4 rings (SSSR count). The number of ether oxygens (including phenoxy) is 1. The number of nitrogens with two attached hydrogens (primary N) is 1. The summed E-state index contributed by atoms with van der Waals surface area (Å²) in [5.41, 5.74) is 8.57. The first-order chi connectivity index (χ1) is 12.7. The van der Waals surface area contributed by atoms with Crippen molar-refractivity contribution in [2.75, 3.05) is 12.8 Å². The third-order valence-corrected chi connectivity index (χ3v) is 5.34. The van der Waals surface area contributed by atoms with Crippen molar-refractivity contribution in [3.8, 4) is 5.75 Å². The van der Waals surface area contributed by atoms with Crippen LogP contribution in [0.15, 0.2) is 54.6 Å². The molecule has 130 valence electrons. The first kappa shape index (κ1) is 16.4. The molecule has 0 saturated carbocycles. The van der Waals surface area contributed by atoms with Crippen LogP contribution in [0.2, 0.25) is 0 Å². The number of hydrogen-bond acceptors (Lipinski definition) is 5. The molecule has 0 aliphatic rings. The summed E-state index contributed by atoms with van der Waals surface area (Å²) < 4.78 is 5.25. The molecule has 2 heterocycles. The largest absolute Gasteiger partial charge is 0.497 e. The zero-order valence-corrected chi connectivity index (χ0v) is 15.0. The molecule has 4 aromatic rings. The number of fused-ring (bicyclic) bond motifs is 2. The van der Waals surface area contributed by atoms with E-state index in [0.717, 1.165) is 32.4 Å². The lowest BCUT2D eigenvalue weighted by molar-refractivity contribution is 0.0956. The second-order valence-corrected chi connectivity index (χ2v) is 6.91. The minimum atomic E-state index is -0.184. The number of methoxy groups -OCH3 is 1. The predicted molar refractivity (Wildman–Crippen MR) is 106 cm³/mol. The number of carbonyl (C=O) groups is 1. The van der Waals surface area contributed by atoms with E-state index in [1.807, 2.05) is 54.6 Å². The maximum absolute atomic E-state index is 12.6. The van der Waals surface area contributed by atoms with Gasteiger partial charge in [-0.2, -0.15) is 0 Å². The lowest BCUT2D eigenvalue weighted by Crippen LogP contribution is -2.22. The molecule has 26 heavy (non-hydrogen) atoms. The van der Waals surface area contributed by atoms with E-state index >= 15 is 0 Å². The van der Waals surface area contributed by atoms with Crippen LogP contribution in [-0.4, -0.2) is 18.0 Å². The summed E-state index contributed by atoms with van der Waals surface area (Å²) in [5, 5.41) is 4.68. The van der Waals surface area contributed by atoms with Crippen molar-refractivity contribution in [1.29, 1.82) is 0 Å². The Morgan fingerprint density at radius 3 is 2.77 bits per heavy atom. The van der Waals surface area contributed by atoms with Crippen molar-refractivity contribution < 1.29 is 9.53 Å². The van der Waals surface area contributed by atoms with E-state index in [4.69, 9.17) is 10.5 Å². The zero-order chi connectivity index (χ0) is 18.1. The molecular formula is C20H17N3O2S. The minimum absolute atomic E-state index is 0.184. The summed E-state index contributed by atoms with van der Waals surface area (Å²) in [6, 6.07) is 17.4. The van der Waals surface area contributed by atoms with Crippen molar-refractivity contribution in [3.63, 3.8) is 0 Å². The van der Waals surface area contributed by atoms with Crippen LogP contribution in [0.3, 0.4) is 0 Å². The third-order valence-electron chi connectivity index (χ3n) is 4.23. The van der Waals surface area contributed by atoms with Gasteiger partial charge in [0.25, 0.3) is 5.91 Å². The summed E-state index contributed by atoms with van der Waals surface area (Å²) in [6.07, 6.45) is 0. The topological polar surface area (TPSA) is 77.2 Å². The van der Waals surface area contributed by atoms with E-state index in [9.17, 15) is 4.79 Å². The first-order valence-corrected chi connectivity index (χ1v) is 8.96. The summed E-state index contributed by atoms with van der Waals surface area (Å²) >= 11 is 1.31. The van der Waals surface area contributed by atoms with E-state index in [1.54, 1.807) is 7.11 Å². The van der Waals surface area contributed by atoms with Gasteiger partial charge >= 0.3 is 0 Å². The second kappa shape index (κ2) is 6.65. The SMILES string of the molecule is COc1ccc2cc3c(N)c(C(=O)NCc4ccccc4)sc3nc2c1. The fourth-order valence-electron chi connectivity index (χ4n) is 2.83. The van der Waals surface area contributed by atoms with Crippen LogP contribution < -0.4 is 15.8 Å². The van der Waals surface area contributed by atoms with Crippen LogP contribution >= 0.6 is 11.3 Å². The lowest BCUT2D eigenvalue weighted by Gasteiger charge is -2.04. The van der Waals surface area contributed by atoms with Gasteiger partial charge in [-0.3, -0.25) is 4.79 Å². The molecule has 1 amide bonds. The molecule has 0 radical (unpaired) electrons. The van der Waals surface area contributed by atoms with E-state index < -0.39 is 0 Å². The van der Waals surface area contributed by atoms with Gasteiger partial charge in [-0.15, -0.1) is 11.3 Å². The summed E-state index contributed by atoms with van der Waals surface area (Å²) in [4.78, 5) is 18.5. The first-order valence-electron chi connectivity index (χ1n) is 8.14. The van der Waals surface area contributed by atoms with Gasteiger partial charge in [0.1, 0.15) is 15.5 Å². The fraction of sp³-hybridized carbons (Fsp3) is 0.100. The van der Waals surface area contributed by atoms with Crippen molar-refractivity contribution >= 4 is 44.1 Å². The number of nitrogen functional groups attached to an aromatic ring is 1. The number of hydrogen-bond donors (Lipinski definition) is 2. The van der Waals surface area contributed by atoms with Crippen LogP contribution in [0.25, 0.3) is 21.1 Å². The normalized spacial score (nSPS) is 11.0. The summed E-state index contributed by atoms with van der Waals surface area (Å²) in [5.74, 6) is 0.561. The van der Waals surface area contributed by atoms with Gasteiger partial charge in [0.15, 0.2) is 0 Å². The number of benzene rings is 2. The number of rotatable bonds is 4. The third kappa shape index (κ3) is 2.95. The average molecular weight is 363 g/mol. The van der Waals surface area contributed by atoms with E-state index in [-0.39, 0.29) is 5.91 Å². The van der Waals surface area contributed by atoms with Crippen LogP contribution in [0.5, 0.6) is 5.75 Å². The lowest BCUT2D eigenvalue weighted by atomic mass is 10.1. The van der Waals surface area contributed by atoms with Gasteiger partial charge in [-0.25, -0.2) is 4.98 Å². The van der Waals surface area contributed by atoms with Crippen LogP contribution in [-0.2, 0) is 6.54 Å². The molecule has 0 aliphatic carbocycles. The molecule has 0 unspecified atom stereocenters. The quantitative estimate of drug-likeness (QED) is 0.575. The Morgan fingerprint density at radius 1 is 1.19 bits per heavy atom. The smallest absolute Gasteiger partial charge is 0.263 e. The van der Waals surface area contributed by atoms with Gasteiger partial charge < -0.3 is 15.8 Å². The maximum atomic E-state index is 12.6. The van der Waals surface area contributed by atoms with Gasteiger partial charge in [-0.1, -0.05) is 30.3 Å². The minimum Gasteiger partial charge on any atom is -0.497 e. The van der Waals surface area contributed by atoms with Crippen molar-refractivity contribution in [2.45, 2.75) is 6.54 Å². The Balaban J connectivity index is 1.67. The molecule has 6 heteroatoms. The number of nitrogens with zero attached hydrogens (tertiary/aromatic N) is 1. The van der Waals surface area contributed by atoms with Gasteiger partial charge in [0.05, 0.1) is 18.3 Å². The molecule has 2 aromatic heterocycles. The molecule has 0 bridgehead atoms. The highest BCUT2D eigenvalue weighted by Gasteiger charge is 2.17. The number of thiophene rings is 1. The maximum Gasteiger partial charge on any atom is 0.263 e. The average Bonchev–Trinajstić information content (AvgIpc) is 3.00. The molecule has 3 N–H and O–H groups in total. The highest BCUT2D eigenvalue weighted by atomic mass is 32.1. The van der Waals surface area contributed by atoms with E-state index in [0.29, 0.717) is 17.1 Å². The van der Waals surface area contributed by atoms with Crippen LogP contribution in [0.4, 0.5) is 5.69 Å². The Hall–Kier alpha value is -3.12. The Morgan fingerprint density at radius 2 is 2.00 bits per heavy atom. The molecule has 0 fully saturated rings. The predicted octanol–water partition coefficient (Wildman–Crippen LogP) is 3.97. The summed E-state index contributed by atoms with van der Waals surface area (Å²) in [6.45, 7) is 0.458. The Labute approximate surface area is 154 Å². The van der Waals surface area contributed by atoms with Gasteiger partial charge in [0.2, 0.25) is 0 Å².